The van der Waals surface area contributed by atoms with Crippen LogP contribution in [-0.2, 0) is 9.53 Å². The molecule has 4 saturated carbocycles. The molecule has 0 spiro atoms. The fourth-order valence-corrected chi connectivity index (χ4v) is 5.65. The van der Waals surface area contributed by atoms with Crippen molar-refractivity contribution in [3.63, 3.8) is 0 Å². The van der Waals surface area contributed by atoms with Gasteiger partial charge in [-0.25, -0.2) is 4.39 Å². The van der Waals surface area contributed by atoms with Crippen LogP contribution < -0.4 is 15.8 Å². The zero-order valence-corrected chi connectivity index (χ0v) is 18.5. The summed E-state index contributed by atoms with van der Waals surface area (Å²) in [6, 6.07) is 7.94. The van der Waals surface area contributed by atoms with E-state index in [1.54, 1.807) is 7.11 Å². The zero-order valence-electron chi connectivity index (χ0n) is 18.5. The van der Waals surface area contributed by atoms with Crippen LogP contribution in [0.25, 0.3) is 0 Å². The van der Waals surface area contributed by atoms with Crippen molar-refractivity contribution in [2.75, 3.05) is 33.4 Å². The van der Waals surface area contributed by atoms with Crippen LogP contribution >= 0.6 is 0 Å². The molecule has 2 unspecified atom stereocenters. The standard InChI is InChI=1S/C25H35FN2O3/c1-30-17-25(16-28-23(29)24-9-6-18(7-10-24)8-11-24)12-22(25)20-2-4-21(5-3-20)31-15-19(13-26)14-27/h2-5,13,18,22H,6-12,14-17,27H2,1H3,(H,28,29)/b19-13+. The molecule has 4 fully saturated rings. The molecule has 1 aromatic carbocycles. The Bertz CT molecular complexity index is 788. The lowest BCUT2D eigenvalue weighted by Crippen LogP contribution is -2.48. The first kappa shape index (κ1) is 22.3. The second-order valence-corrected chi connectivity index (χ2v) is 9.83. The lowest BCUT2D eigenvalue weighted by atomic mass is 9.60. The van der Waals surface area contributed by atoms with Gasteiger partial charge in [0.2, 0.25) is 5.91 Å². The monoisotopic (exact) mass is 430 g/mol. The van der Waals surface area contributed by atoms with Crippen LogP contribution in [0.1, 0.15) is 56.4 Å². The maximum atomic E-state index is 13.1. The van der Waals surface area contributed by atoms with Crippen LogP contribution in [0, 0.1) is 16.7 Å². The molecule has 4 aliphatic rings. The van der Waals surface area contributed by atoms with Crippen molar-refractivity contribution < 1.29 is 18.7 Å². The summed E-state index contributed by atoms with van der Waals surface area (Å²) in [5.41, 5.74) is 6.94. The number of fused-ring (bicyclic) bond motifs is 3. The quantitative estimate of drug-likeness (QED) is 0.587. The largest absolute Gasteiger partial charge is 0.489 e. The predicted octanol–water partition coefficient (Wildman–Crippen LogP) is 4.08. The normalized spacial score (nSPS) is 32.0. The van der Waals surface area contributed by atoms with Crippen LogP contribution in [0.2, 0.25) is 0 Å². The van der Waals surface area contributed by atoms with Gasteiger partial charge in [0.05, 0.1) is 12.9 Å². The molecule has 170 valence electrons. The number of benzene rings is 1. The lowest BCUT2D eigenvalue weighted by molar-refractivity contribution is -0.137. The minimum Gasteiger partial charge on any atom is -0.489 e. The molecule has 0 heterocycles. The number of amides is 1. The molecule has 5 rings (SSSR count). The summed E-state index contributed by atoms with van der Waals surface area (Å²) in [5.74, 6) is 2.15. The average molecular weight is 431 g/mol. The number of ether oxygens (including phenoxy) is 2. The molecule has 31 heavy (non-hydrogen) atoms. The van der Waals surface area contributed by atoms with Gasteiger partial charge >= 0.3 is 0 Å². The number of hydrogen-bond donors (Lipinski definition) is 2. The highest BCUT2D eigenvalue weighted by Gasteiger charge is 2.55. The first-order valence-electron chi connectivity index (χ1n) is 11.5. The molecule has 1 amide bonds. The van der Waals surface area contributed by atoms with Gasteiger partial charge in [0, 0.05) is 36.6 Å². The molecule has 0 aromatic heterocycles. The van der Waals surface area contributed by atoms with E-state index < -0.39 is 0 Å². The van der Waals surface area contributed by atoms with Crippen molar-refractivity contribution in [2.24, 2.45) is 22.5 Å². The number of halogens is 1. The van der Waals surface area contributed by atoms with Crippen molar-refractivity contribution in [2.45, 2.75) is 50.9 Å². The molecule has 4 aliphatic carbocycles. The van der Waals surface area contributed by atoms with Gasteiger partial charge in [0.15, 0.2) is 0 Å². The second kappa shape index (κ2) is 9.29. The van der Waals surface area contributed by atoms with E-state index in [9.17, 15) is 9.18 Å². The molecule has 2 bridgehead atoms. The number of nitrogens with one attached hydrogen (secondary N) is 1. The number of carbonyl (C=O) groups is 1. The Morgan fingerprint density at radius 1 is 1.23 bits per heavy atom. The average Bonchev–Trinajstić information content (AvgIpc) is 3.54. The van der Waals surface area contributed by atoms with Gasteiger partial charge in [-0.05, 0) is 74.5 Å². The number of methoxy groups -OCH3 is 1. The van der Waals surface area contributed by atoms with Crippen LogP contribution in [0.4, 0.5) is 4.39 Å². The molecule has 0 radical (unpaired) electrons. The Morgan fingerprint density at radius 3 is 2.48 bits per heavy atom. The van der Waals surface area contributed by atoms with Gasteiger partial charge in [-0.15, -0.1) is 0 Å². The second-order valence-electron chi connectivity index (χ2n) is 9.83. The number of nitrogens with two attached hydrogens (primary N) is 1. The fraction of sp³-hybridized carbons (Fsp3) is 0.640. The molecule has 1 aromatic rings. The molecular formula is C25H35FN2O3. The van der Waals surface area contributed by atoms with Crippen molar-refractivity contribution >= 4 is 5.91 Å². The highest BCUT2D eigenvalue weighted by atomic mass is 19.1. The van der Waals surface area contributed by atoms with Crippen molar-refractivity contribution in [1.29, 1.82) is 0 Å². The Labute approximate surface area is 184 Å². The maximum Gasteiger partial charge on any atom is 0.226 e. The molecule has 2 atom stereocenters. The Morgan fingerprint density at radius 2 is 1.90 bits per heavy atom. The molecule has 0 saturated heterocycles. The molecule has 5 nitrogen and oxygen atoms in total. The summed E-state index contributed by atoms with van der Waals surface area (Å²) in [4.78, 5) is 13.1. The van der Waals surface area contributed by atoms with E-state index >= 15 is 0 Å². The highest BCUT2D eigenvalue weighted by Crippen LogP contribution is 2.59. The lowest BCUT2D eigenvalue weighted by Gasteiger charge is -2.45. The first-order valence-corrected chi connectivity index (χ1v) is 11.5. The van der Waals surface area contributed by atoms with E-state index in [1.807, 2.05) is 12.1 Å². The van der Waals surface area contributed by atoms with Crippen molar-refractivity contribution in [1.82, 2.24) is 5.32 Å². The smallest absolute Gasteiger partial charge is 0.226 e. The third-order valence-corrected chi connectivity index (χ3v) is 7.92. The summed E-state index contributed by atoms with van der Waals surface area (Å²) >= 11 is 0. The van der Waals surface area contributed by atoms with Crippen LogP contribution in [0.3, 0.4) is 0 Å². The van der Waals surface area contributed by atoms with E-state index in [4.69, 9.17) is 15.2 Å². The van der Waals surface area contributed by atoms with Gasteiger partial charge < -0.3 is 20.5 Å². The molecule has 3 N–H and O–H groups in total. The summed E-state index contributed by atoms with van der Waals surface area (Å²) in [7, 11) is 1.73. The van der Waals surface area contributed by atoms with Crippen molar-refractivity contribution in [3.05, 3.63) is 41.7 Å². The summed E-state index contributed by atoms with van der Waals surface area (Å²) in [6.07, 6.45) is 8.28. The fourth-order valence-electron chi connectivity index (χ4n) is 5.65. The maximum absolute atomic E-state index is 13.1. The van der Waals surface area contributed by atoms with Crippen molar-refractivity contribution in [3.8, 4) is 5.75 Å². The predicted molar refractivity (Wildman–Crippen MR) is 118 cm³/mol. The van der Waals surface area contributed by atoms with Gasteiger partial charge in [0.1, 0.15) is 12.4 Å². The topological polar surface area (TPSA) is 73.6 Å². The van der Waals surface area contributed by atoms with E-state index in [1.165, 1.54) is 24.8 Å². The first-order chi connectivity index (χ1) is 15.0. The van der Waals surface area contributed by atoms with Gasteiger partial charge in [-0.3, -0.25) is 4.79 Å². The summed E-state index contributed by atoms with van der Waals surface area (Å²) < 4.78 is 23.8. The third kappa shape index (κ3) is 4.65. The number of rotatable bonds is 10. The zero-order chi connectivity index (χ0) is 21.9. The van der Waals surface area contributed by atoms with Gasteiger partial charge in [-0.2, -0.15) is 0 Å². The third-order valence-electron chi connectivity index (χ3n) is 7.92. The van der Waals surface area contributed by atoms with E-state index in [2.05, 4.69) is 17.4 Å². The minimum absolute atomic E-state index is 0.0427. The Balaban J connectivity index is 1.35. The molecular weight excluding hydrogens is 395 g/mol. The molecule has 6 heteroatoms. The summed E-state index contributed by atoms with van der Waals surface area (Å²) in [5, 5.41) is 3.32. The van der Waals surface area contributed by atoms with E-state index in [0.717, 1.165) is 31.6 Å². The number of hydrogen-bond acceptors (Lipinski definition) is 4. The van der Waals surface area contributed by atoms with E-state index in [-0.39, 0.29) is 29.9 Å². The van der Waals surface area contributed by atoms with Gasteiger partial charge in [-0.1, -0.05) is 12.1 Å². The SMILES string of the molecule is COCC1(CNC(=O)C23CCC(CC2)CC3)CC1c1ccc(OC/C(=C/F)CN)cc1. The Hall–Kier alpha value is -1.92. The molecule has 0 aliphatic heterocycles. The van der Waals surface area contributed by atoms with Crippen LogP contribution in [0.15, 0.2) is 36.2 Å². The van der Waals surface area contributed by atoms with Crippen LogP contribution in [-0.4, -0.2) is 39.3 Å². The minimum atomic E-state index is -0.122. The van der Waals surface area contributed by atoms with E-state index in [0.29, 0.717) is 36.7 Å². The number of carbonyl (C=O) groups excluding carboxylic acids is 1. The van der Waals surface area contributed by atoms with Crippen LogP contribution in [0.5, 0.6) is 5.75 Å². The Kier molecular flexibility index (Phi) is 6.68. The summed E-state index contributed by atoms with van der Waals surface area (Å²) in [6.45, 7) is 1.59. The van der Waals surface area contributed by atoms with Gasteiger partial charge in [0.25, 0.3) is 0 Å². The highest BCUT2D eigenvalue weighted by molar-refractivity contribution is 5.83.